The first-order valence-corrected chi connectivity index (χ1v) is 6.40. The third-order valence-corrected chi connectivity index (χ3v) is 3.64. The van der Waals surface area contributed by atoms with E-state index in [0.29, 0.717) is 11.7 Å². The van der Waals surface area contributed by atoms with Gasteiger partial charge in [-0.1, -0.05) is 6.92 Å². The minimum Gasteiger partial charge on any atom is -0.476 e. The Bertz CT molecular complexity index is 641. The summed E-state index contributed by atoms with van der Waals surface area (Å²) in [7, 11) is 1.83. The summed E-state index contributed by atoms with van der Waals surface area (Å²) in [6.45, 7) is 2.15. The van der Waals surface area contributed by atoms with Crippen molar-refractivity contribution in [2.75, 3.05) is 0 Å². The monoisotopic (exact) mass is 260 g/mol. The molecule has 0 amide bonds. The van der Waals surface area contributed by atoms with Gasteiger partial charge in [0.1, 0.15) is 0 Å². The molecule has 0 aromatic carbocycles. The number of aromatic carboxylic acids is 1. The number of aryl methyl sites for hydroxylation is 1. The number of carbonyl (C=O) groups is 1. The number of fused-ring (bicyclic) bond motifs is 1. The van der Waals surface area contributed by atoms with E-state index in [9.17, 15) is 9.90 Å². The Balaban J connectivity index is 2.16. The molecule has 0 saturated heterocycles. The number of hydrogen-bond acceptors (Lipinski definition) is 3. The van der Waals surface area contributed by atoms with Gasteiger partial charge in [-0.15, -0.1) is 0 Å². The van der Waals surface area contributed by atoms with Crippen LogP contribution in [0.2, 0.25) is 0 Å². The van der Waals surface area contributed by atoms with Crippen LogP contribution in [0.1, 0.15) is 35.1 Å². The highest BCUT2D eigenvalue weighted by molar-refractivity contribution is 5.87. The normalized spacial score (nSPS) is 18.3. The second kappa shape index (κ2) is 4.22. The molecule has 0 radical (unpaired) electrons. The van der Waals surface area contributed by atoms with Gasteiger partial charge in [0.05, 0.1) is 5.69 Å². The fraction of sp³-hybridized carbons (Fsp3) is 0.462. The zero-order valence-corrected chi connectivity index (χ0v) is 11.0. The van der Waals surface area contributed by atoms with Gasteiger partial charge in [-0.3, -0.25) is 4.68 Å². The predicted octanol–water partition coefficient (Wildman–Crippen LogP) is 1.43. The Morgan fingerprint density at radius 3 is 2.89 bits per heavy atom. The number of rotatable bonds is 2. The molecule has 3 rings (SSSR count). The van der Waals surface area contributed by atoms with Crippen LogP contribution in [-0.2, 0) is 19.9 Å². The van der Waals surface area contributed by atoms with Gasteiger partial charge in [-0.2, -0.15) is 10.2 Å². The van der Waals surface area contributed by atoms with E-state index in [1.54, 1.807) is 9.36 Å². The molecule has 1 aliphatic rings. The Hall–Kier alpha value is -2.11. The highest BCUT2D eigenvalue weighted by Gasteiger charge is 2.28. The molecule has 0 aliphatic heterocycles. The maximum Gasteiger partial charge on any atom is 0.356 e. The summed E-state index contributed by atoms with van der Waals surface area (Å²) in [5.41, 5.74) is 2.04. The second-order valence-electron chi connectivity index (χ2n) is 5.19. The molecule has 1 aliphatic carbocycles. The molecule has 1 atom stereocenters. The van der Waals surface area contributed by atoms with Gasteiger partial charge in [0, 0.05) is 24.9 Å². The van der Waals surface area contributed by atoms with Gasteiger partial charge in [-0.25, -0.2) is 9.48 Å². The fourth-order valence-electron chi connectivity index (χ4n) is 2.67. The quantitative estimate of drug-likeness (QED) is 0.886. The third-order valence-electron chi connectivity index (χ3n) is 3.64. The molecule has 0 bridgehead atoms. The average Bonchev–Trinajstić information content (AvgIpc) is 2.92. The second-order valence-corrected chi connectivity index (χ2v) is 5.19. The molecule has 2 heterocycles. The van der Waals surface area contributed by atoms with Crippen LogP contribution in [-0.4, -0.2) is 30.6 Å². The van der Waals surface area contributed by atoms with Crippen molar-refractivity contribution in [1.29, 1.82) is 0 Å². The molecule has 6 nitrogen and oxygen atoms in total. The fourth-order valence-corrected chi connectivity index (χ4v) is 2.67. The lowest BCUT2D eigenvalue weighted by molar-refractivity contribution is 0.0688. The summed E-state index contributed by atoms with van der Waals surface area (Å²) in [5.74, 6) is 0.229. The van der Waals surface area contributed by atoms with Crippen molar-refractivity contribution in [3.63, 3.8) is 0 Å². The summed E-state index contributed by atoms with van der Waals surface area (Å²) < 4.78 is 3.37. The van der Waals surface area contributed by atoms with E-state index in [2.05, 4.69) is 17.1 Å². The first-order chi connectivity index (χ1) is 9.06. The van der Waals surface area contributed by atoms with Crippen LogP contribution in [0.5, 0.6) is 0 Å². The summed E-state index contributed by atoms with van der Waals surface area (Å²) in [6, 6.07) is 1.84. The largest absolute Gasteiger partial charge is 0.476 e. The van der Waals surface area contributed by atoms with Crippen LogP contribution in [0.3, 0.4) is 0 Å². The highest BCUT2D eigenvalue weighted by atomic mass is 16.4. The molecule has 0 saturated carbocycles. The lowest BCUT2D eigenvalue weighted by Gasteiger charge is -2.19. The summed E-state index contributed by atoms with van der Waals surface area (Å²) in [5, 5.41) is 17.8. The third kappa shape index (κ3) is 1.93. The average molecular weight is 260 g/mol. The Morgan fingerprint density at radius 1 is 1.47 bits per heavy atom. The number of carboxylic acid groups (broad SMARTS) is 1. The van der Waals surface area contributed by atoms with Gasteiger partial charge in [0.25, 0.3) is 0 Å². The number of hydrogen-bond donors (Lipinski definition) is 1. The Kier molecular flexibility index (Phi) is 2.66. The molecule has 0 spiro atoms. The van der Waals surface area contributed by atoms with Gasteiger partial charge >= 0.3 is 5.97 Å². The van der Waals surface area contributed by atoms with E-state index in [-0.39, 0.29) is 5.69 Å². The van der Waals surface area contributed by atoms with Crippen molar-refractivity contribution in [3.05, 3.63) is 29.2 Å². The van der Waals surface area contributed by atoms with Crippen molar-refractivity contribution in [1.82, 2.24) is 19.6 Å². The first kappa shape index (κ1) is 12.0. The Labute approximate surface area is 110 Å². The van der Waals surface area contributed by atoms with Crippen LogP contribution < -0.4 is 0 Å². The van der Waals surface area contributed by atoms with E-state index in [4.69, 9.17) is 0 Å². The molecular weight excluding hydrogens is 244 g/mol. The molecule has 2 aromatic heterocycles. The SMILES string of the molecule is CC1CCc2c(c(C(=O)O)nn2-c2ccn(C)n2)C1. The molecule has 0 fully saturated rings. The molecule has 2 aromatic rings. The molecular formula is C13H16N4O2. The van der Waals surface area contributed by atoms with Crippen molar-refractivity contribution in [2.24, 2.45) is 13.0 Å². The number of nitrogens with zero attached hydrogens (tertiary/aromatic N) is 4. The zero-order chi connectivity index (χ0) is 13.6. The van der Waals surface area contributed by atoms with Crippen LogP contribution in [0.15, 0.2) is 12.3 Å². The van der Waals surface area contributed by atoms with Crippen molar-refractivity contribution in [2.45, 2.75) is 26.2 Å². The van der Waals surface area contributed by atoms with E-state index < -0.39 is 5.97 Å². The van der Waals surface area contributed by atoms with Crippen molar-refractivity contribution >= 4 is 5.97 Å². The molecule has 6 heteroatoms. The van der Waals surface area contributed by atoms with Crippen molar-refractivity contribution < 1.29 is 9.90 Å². The van der Waals surface area contributed by atoms with Crippen LogP contribution in [0.4, 0.5) is 0 Å². The van der Waals surface area contributed by atoms with Crippen molar-refractivity contribution in [3.8, 4) is 5.82 Å². The summed E-state index contributed by atoms with van der Waals surface area (Å²) >= 11 is 0. The van der Waals surface area contributed by atoms with Gasteiger partial charge in [0.2, 0.25) is 0 Å². The number of carboxylic acids is 1. The summed E-state index contributed by atoms with van der Waals surface area (Å²) in [6.07, 6.45) is 4.52. The van der Waals surface area contributed by atoms with Crippen LogP contribution in [0, 0.1) is 5.92 Å². The first-order valence-electron chi connectivity index (χ1n) is 6.40. The maximum atomic E-state index is 11.3. The molecule has 1 unspecified atom stereocenters. The van der Waals surface area contributed by atoms with Crippen LogP contribution in [0.25, 0.3) is 5.82 Å². The van der Waals surface area contributed by atoms with Gasteiger partial charge < -0.3 is 5.11 Å². The standard InChI is InChI=1S/C13H16N4O2/c1-8-3-4-10-9(7-8)12(13(18)19)15-17(10)11-5-6-16(2)14-11/h5-6,8H,3-4,7H2,1-2H3,(H,18,19). The zero-order valence-electron chi connectivity index (χ0n) is 11.0. The minimum atomic E-state index is -0.958. The van der Waals surface area contributed by atoms with E-state index in [0.717, 1.165) is 30.5 Å². The highest BCUT2D eigenvalue weighted by Crippen LogP contribution is 2.29. The van der Waals surface area contributed by atoms with Gasteiger partial charge in [0.15, 0.2) is 11.5 Å². The predicted molar refractivity (Wildman–Crippen MR) is 68.5 cm³/mol. The Morgan fingerprint density at radius 2 is 2.26 bits per heavy atom. The van der Waals surface area contributed by atoms with Crippen LogP contribution >= 0.6 is 0 Å². The number of aromatic nitrogens is 4. The van der Waals surface area contributed by atoms with E-state index in [1.807, 2.05) is 19.3 Å². The summed E-state index contributed by atoms with van der Waals surface area (Å²) in [4.78, 5) is 11.3. The molecule has 100 valence electrons. The lowest BCUT2D eigenvalue weighted by Crippen LogP contribution is -2.14. The smallest absolute Gasteiger partial charge is 0.356 e. The van der Waals surface area contributed by atoms with E-state index >= 15 is 0 Å². The lowest BCUT2D eigenvalue weighted by atomic mass is 9.87. The topological polar surface area (TPSA) is 72.9 Å². The van der Waals surface area contributed by atoms with Gasteiger partial charge in [-0.05, 0) is 25.2 Å². The molecule has 1 N–H and O–H groups in total. The molecule has 19 heavy (non-hydrogen) atoms. The minimum absolute atomic E-state index is 0.173. The maximum absolute atomic E-state index is 11.3. The van der Waals surface area contributed by atoms with E-state index in [1.165, 1.54) is 0 Å².